The van der Waals surface area contributed by atoms with Gasteiger partial charge in [-0.3, -0.25) is 0 Å². The fourth-order valence-corrected chi connectivity index (χ4v) is 1.14. The van der Waals surface area contributed by atoms with Gasteiger partial charge in [-0.2, -0.15) is 0 Å². The van der Waals surface area contributed by atoms with Gasteiger partial charge >= 0.3 is 0 Å². The van der Waals surface area contributed by atoms with Crippen molar-refractivity contribution in [3.63, 3.8) is 0 Å². The SMILES string of the molecule is O=CCCCC=O.O=CCCCC=O.O=CCCCC=O.O=CCCCC=O. The smallest absolute Gasteiger partial charge is 0.120 e. The van der Waals surface area contributed by atoms with E-state index in [-0.39, 0.29) is 0 Å². The van der Waals surface area contributed by atoms with E-state index in [4.69, 9.17) is 0 Å². The van der Waals surface area contributed by atoms with Gasteiger partial charge in [-0.05, 0) is 25.7 Å². The molecule has 0 radical (unpaired) electrons. The van der Waals surface area contributed by atoms with Crippen molar-refractivity contribution in [3.8, 4) is 0 Å². The lowest BCUT2D eigenvalue weighted by Crippen LogP contribution is -1.76. The Hall–Kier alpha value is -2.64. The first-order valence-corrected chi connectivity index (χ1v) is 9.15. The van der Waals surface area contributed by atoms with Crippen LogP contribution in [0.2, 0.25) is 0 Å². The second-order valence-corrected chi connectivity index (χ2v) is 5.06. The highest BCUT2D eigenvalue weighted by Crippen LogP contribution is 1.87. The normalized spacial score (nSPS) is 8.00. The monoisotopic (exact) mass is 400 g/mol. The number of aldehydes is 8. The molecule has 8 nitrogen and oxygen atoms in total. The van der Waals surface area contributed by atoms with Gasteiger partial charge in [-0.15, -0.1) is 0 Å². The third-order valence-electron chi connectivity index (χ3n) is 2.58. The summed E-state index contributed by atoms with van der Waals surface area (Å²) in [7, 11) is 0. The van der Waals surface area contributed by atoms with Crippen LogP contribution in [0.25, 0.3) is 0 Å². The zero-order chi connectivity index (χ0) is 22.1. The summed E-state index contributed by atoms with van der Waals surface area (Å²) >= 11 is 0. The van der Waals surface area contributed by atoms with Crippen molar-refractivity contribution in [3.05, 3.63) is 0 Å². The minimum Gasteiger partial charge on any atom is -0.303 e. The van der Waals surface area contributed by atoms with Gasteiger partial charge in [0.1, 0.15) is 50.3 Å². The molecule has 0 saturated carbocycles. The van der Waals surface area contributed by atoms with Crippen molar-refractivity contribution < 1.29 is 38.4 Å². The van der Waals surface area contributed by atoms with Crippen LogP contribution >= 0.6 is 0 Å². The van der Waals surface area contributed by atoms with Crippen LogP contribution in [0.1, 0.15) is 77.0 Å². The number of hydrogen-bond donors (Lipinski definition) is 0. The summed E-state index contributed by atoms with van der Waals surface area (Å²) < 4.78 is 0. The van der Waals surface area contributed by atoms with Gasteiger partial charge in [0.05, 0.1) is 0 Å². The van der Waals surface area contributed by atoms with Gasteiger partial charge in [0, 0.05) is 51.4 Å². The minimum atomic E-state index is 0.513. The number of rotatable bonds is 16. The van der Waals surface area contributed by atoms with E-state index in [0.717, 1.165) is 50.3 Å². The number of carbonyl (C=O) groups is 8. The van der Waals surface area contributed by atoms with Crippen molar-refractivity contribution in [2.24, 2.45) is 0 Å². The van der Waals surface area contributed by atoms with Crippen molar-refractivity contribution in [2.75, 3.05) is 0 Å². The average molecular weight is 400 g/mol. The Labute approximate surface area is 166 Å². The molecule has 0 heterocycles. The standard InChI is InChI=1S/4C5H8O2/c4*6-4-2-1-3-5-7/h4*4-5H,1-3H2. The maximum Gasteiger partial charge on any atom is 0.120 e. The molecule has 0 amide bonds. The molecule has 0 spiro atoms. The topological polar surface area (TPSA) is 137 Å². The molecule has 28 heavy (non-hydrogen) atoms. The van der Waals surface area contributed by atoms with Crippen molar-refractivity contribution in [2.45, 2.75) is 77.0 Å². The van der Waals surface area contributed by atoms with Crippen molar-refractivity contribution >= 4 is 50.3 Å². The lowest BCUT2D eigenvalue weighted by molar-refractivity contribution is -0.110. The number of unbranched alkanes of at least 4 members (excludes halogenated alkanes) is 8. The van der Waals surface area contributed by atoms with E-state index >= 15 is 0 Å². The van der Waals surface area contributed by atoms with Crippen LogP contribution in [0.5, 0.6) is 0 Å². The van der Waals surface area contributed by atoms with E-state index in [1.807, 2.05) is 0 Å². The molecule has 0 aromatic carbocycles. The highest BCUT2D eigenvalue weighted by atomic mass is 16.1. The van der Waals surface area contributed by atoms with Crippen LogP contribution in [0.15, 0.2) is 0 Å². The van der Waals surface area contributed by atoms with Crippen LogP contribution in [0.3, 0.4) is 0 Å². The molecule has 0 N–H and O–H groups in total. The van der Waals surface area contributed by atoms with Gasteiger partial charge in [0.25, 0.3) is 0 Å². The van der Waals surface area contributed by atoms with Crippen LogP contribution < -0.4 is 0 Å². The Balaban J connectivity index is -0.000000137. The summed E-state index contributed by atoms with van der Waals surface area (Å²) in [6, 6.07) is 0. The van der Waals surface area contributed by atoms with Gasteiger partial charge in [-0.1, -0.05) is 0 Å². The third-order valence-corrected chi connectivity index (χ3v) is 2.58. The first-order valence-electron chi connectivity index (χ1n) is 9.15. The van der Waals surface area contributed by atoms with E-state index in [2.05, 4.69) is 0 Å². The van der Waals surface area contributed by atoms with Gasteiger partial charge < -0.3 is 38.4 Å². The van der Waals surface area contributed by atoms with Gasteiger partial charge in [0.2, 0.25) is 0 Å². The molecule has 0 unspecified atom stereocenters. The molecule has 0 bridgehead atoms. The second kappa shape index (κ2) is 44.1. The molecular formula is C20H32O8. The fraction of sp³-hybridized carbons (Fsp3) is 0.600. The first kappa shape index (κ1) is 33.0. The predicted molar refractivity (Wildman–Crippen MR) is 104 cm³/mol. The summed E-state index contributed by atoms with van der Waals surface area (Å²) in [5.74, 6) is 0. The second-order valence-electron chi connectivity index (χ2n) is 5.06. The van der Waals surface area contributed by atoms with Crippen LogP contribution in [0.4, 0.5) is 0 Å². The molecule has 0 saturated heterocycles. The summed E-state index contributed by atoms with van der Waals surface area (Å²) in [5.41, 5.74) is 0. The average Bonchev–Trinajstić information content (AvgIpc) is 2.71. The van der Waals surface area contributed by atoms with Crippen molar-refractivity contribution in [1.29, 1.82) is 0 Å². The zero-order valence-electron chi connectivity index (χ0n) is 16.4. The van der Waals surface area contributed by atoms with E-state index in [1.54, 1.807) is 0 Å². The molecule has 0 aromatic heterocycles. The Morgan fingerprint density at radius 2 is 0.357 bits per heavy atom. The van der Waals surface area contributed by atoms with Crippen LogP contribution in [0, 0.1) is 0 Å². The Morgan fingerprint density at radius 1 is 0.250 bits per heavy atom. The van der Waals surface area contributed by atoms with E-state index < -0.39 is 0 Å². The van der Waals surface area contributed by atoms with Crippen LogP contribution in [-0.4, -0.2) is 50.3 Å². The first-order chi connectivity index (χ1) is 13.7. The largest absolute Gasteiger partial charge is 0.303 e. The zero-order valence-corrected chi connectivity index (χ0v) is 16.4. The maximum absolute atomic E-state index is 9.56. The van der Waals surface area contributed by atoms with E-state index in [1.165, 1.54) is 0 Å². The number of carbonyl (C=O) groups excluding carboxylic acids is 8. The molecular weight excluding hydrogens is 368 g/mol. The Kier molecular flexibility index (Phi) is 52.0. The number of hydrogen-bond acceptors (Lipinski definition) is 8. The summed E-state index contributed by atoms with van der Waals surface area (Å²) in [4.78, 5) is 76.5. The highest BCUT2D eigenvalue weighted by Gasteiger charge is 1.81. The molecule has 8 heteroatoms. The molecule has 0 aliphatic heterocycles. The summed E-state index contributed by atoms with van der Waals surface area (Å²) in [6.45, 7) is 0. The van der Waals surface area contributed by atoms with Gasteiger partial charge in [0.15, 0.2) is 0 Å². The summed E-state index contributed by atoms with van der Waals surface area (Å²) in [5, 5.41) is 0. The molecule has 0 rings (SSSR count). The maximum atomic E-state index is 9.56. The molecule has 160 valence electrons. The lowest BCUT2D eigenvalue weighted by atomic mass is 10.3. The molecule has 0 aliphatic carbocycles. The predicted octanol–water partition coefficient (Wildman–Crippen LogP) is 2.22. The fourth-order valence-electron chi connectivity index (χ4n) is 1.14. The molecule has 0 fully saturated rings. The quantitative estimate of drug-likeness (QED) is 0.284. The molecule has 0 aliphatic rings. The van der Waals surface area contributed by atoms with Gasteiger partial charge in [-0.25, -0.2) is 0 Å². The Morgan fingerprint density at radius 3 is 0.429 bits per heavy atom. The third kappa shape index (κ3) is 65.4. The van der Waals surface area contributed by atoms with Crippen molar-refractivity contribution in [1.82, 2.24) is 0 Å². The van der Waals surface area contributed by atoms with E-state index in [9.17, 15) is 38.4 Å². The lowest BCUT2D eigenvalue weighted by Gasteiger charge is -1.78. The van der Waals surface area contributed by atoms with E-state index in [0.29, 0.717) is 77.0 Å². The summed E-state index contributed by atoms with van der Waals surface area (Å²) in [6.07, 6.45) is 13.5. The molecule has 0 aromatic rings. The Bertz CT molecular complexity index is 276. The molecule has 0 atom stereocenters. The minimum absolute atomic E-state index is 0.513. The highest BCUT2D eigenvalue weighted by molar-refractivity contribution is 5.54. The van der Waals surface area contributed by atoms with Crippen LogP contribution in [-0.2, 0) is 38.4 Å².